The number of carbonyl (C=O) groups is 1. The van der Waals surface area contributed by atoms with Crippen LogP contribution >= 0.6 is 0 Å². The van der Waals surface area contributed by atoms with E-state index >= 15 is 0 Å². The van der Waals surface area contributed by atoms with Crippen molar-refractivity contribution >= 4 is 16.7 Å². The SMILES string of the molecule is C=CC(=O)OCCOCCOc1c2c(c(OCCc3ccccc3)c3ccccc13)CC=CC2. The van der Waals surface area contributed by atoms with Gasteiger partial charge in [0.15, 0.2) is 0 Å². The van der Waals surface area contributed by atoms with Gasteiger partial charge in [0.05, 0.1) is 19.8 Å². The van der Waals surface area contributed by atoms with Crippen LogP contribution in [0.4, 0.5) is 0 Å². The number of fused-ring (bicyclic) bond motifs is 2. The van der Waals surface area contributed by atoms with Gasteiger partial charge in [-0.25, -0.2) is 4.79 Å². The van der Waals surface area contributed by atoms with E-state index in [1.807, 2.05) is 18.2 Å². The highest BCUT2D eigenvalue weighted by atomic mass is 16.6. The van der Waals surface area contributed by atoms with Crippen LogP contribution in [0.2, 0.25) is 0 Å². The van der Waals surface area contributed by atoms with Crippen LogP contribution in [-0.4, -0.2) is 39.0 Å². The Morgan fingerprint density at radius 1 is 0.765 bits per heavy atom. The van der Waals surface area contributed by atoms with Gasteiger partial charge in [0.1, 0.15) is 24.7 Å². The summed E-state index contributed by atoms with van der Waals surface area (Å²) in [5, 5.41) is 2.11. The predicted molar refractivity (Wildman–Crippen MR) is 134 cm³/mol. The number of benzene rings is 3. The monoisotopic (exact) mass is 458 g/mol. The molecule has 0 heterocycles. The molecule has 0 fully saturated rings. The fraction of sp³-hybridized carbons (Fsp3) is 0.276. The quantitative estimate of drug-likeness (QED) is 0.161. The fourth-order valence-electron chi connectivity index (χ4n) is 4.12. The van der Waals surface area contributed by atoms with Crippen molar-refractivity contribution < 1.29 is 23.7 Å². The van der Waals surface area contributed by atoms with Crippen molar-refractivity contribution in [1.29, 1.82) is 0 Å². The molecule has 5 heteroatoms. The summed E-state index contributed by atoms with van der Waals surface area (Å²) in [6.07, 6.45) is 8.00. The van der Waals surface area contributed by atoms with Crippen LogP contribution in [0.25, 0.3) is 10.8 Å². The molecule has 0 spiro atoms. The lowest BCUT2D eigenvalue weighted by Crippen LogP contribution is -2.14. The molecule has 0 unspecified atom stereocenters. The van der Waals surface area contributed by atoms with E-state index in [-0.39, 0.29) is 6.61 Å². The minimum absolute atomic E-state index is 0.197. The van der Waals surface area contributed by atoms with Gasteiger partial charge >= 0.3 is 5.97 Å². The molecule has 0 radical (unpaired) electrons. The molecule has 176 valence electrons. The van der Waals surface area contributed by atoms with Crippen LogP contribution in [0.3, 0.4) is 0 Å². The van der Waals surface area contributed by atoms with Gasteiger partial charge < -0.3 is 18.9 Å². The first-order valence-electron chi connectivity index (χ1n) is 11.7. The van der Waals surface area contributed by atoms with Crippen LogP contribution in [0.15, 0.2) is 79.4 Å². The van der Waals surface area contributed by atoms with E-state index in [4.69, 9.17) is 18.9 Å². The molecule has 0 N–H and O–H groups in total. The topological polar surface area (TPSA) is 54.0 Å². The van der Waals surface area contributed by atoms with E-state index in [0.717, 1.165) is 47.6 Å². The number of esters is 1. The van der Waals surface area contributed by atoms with E-state index in [1.54, 1.807) is 0 Å². The third kappa shape index (κ3) is 5.86. The first kappa shape index (κ1) is 23.6. The zero-order valence-corrected chi connectivity index (χ0v) is 19.3. The highest BCUT2D eigenvalue weighted by Crippen LogP contribution is 2.43. The van der Waals surface area contributed by atoms with E-state index in [0.29, 0.717) is 26.4 Å². The number of hydrogen-bond donors (Lipinski definition) is 0. The minimum atomic E-state index is -0.447. The fourth-order valence-corrected chi connectivity index (χ4v) is 4.12. The van der Waals surface area contributed by atoms with Gasteiger partial charge in [-0.2, -0.15) is 0 Å². The van der Waals surface area contributed by atoms with Crippen LogP contribution in [0, 0.1) is 0 Å². The molecule has 0 aromatic heterocycles. The second kappa shape index (κ2) is 12.1. The molecule has 3 aromatic carbocycles. The Kier molecular flexibility index (Phi) is 8.36. The van der Waals surface area contributed by atoms with Gasteiger partial charge in [-0.1, -0.05) is 73.3 Å². The Morgan fingerprint density at radius 3 is 2.00 bits per heavy atom. The van der Waals surface area contributed by atoms with E-state index < -0.39 is 5.97 Å². The van der Waals surface area contributed by atoms with Crippen LogP contribution in [-0.2, 0) is 33.5 Å². The summed E-state index contributed by atoms with van der Waals surface area (Å²) in [5.74, 6) is 1.41. The highest BCUT2D eigenvalue weighted by molar-refractivity contribution is 5.96. The Bertz CT molecular complexity index is 1150. The van der Waals surface area contributed by atoms with E-state index in [2.05, 4.69) is 55.1 Å². The smallest absolute Gasteiger partial charge is 0.330 e. The van der Waals surface area contributed by atoms with Gasteiger partial charge in [-0.3, -0.25) is 0 Å². The zero-order valence-electron chi connectivity index (χ0n) is 19.3. The summed E-state index contributed by atoms with van der Waals surface area (Å²) in [7, 11) is 0. The average molecular weight is 459 g/mol. The summed E-state index contributed by atoms with van der Waals surface area (Å²) in [5.41, 5.74) is 3.64. The van der Waals surface area contributed by atoms with Gasteiger partial charge in [-0.15, -0.1) is 0 Å². The normalized spacial score (nSPS) is 12.2. The van der Waals surface area contributed by atoms with Crippen molar-refractivity contribution in [2.45, 2.75) is 19.3 Å². The average Bonchev–Trinajstić information content (AvgIpc) is 2.89. The van der Waals surface area contributed by atoms with Crippen LogP contribution in [0.5, 0.6) is 11.5 Å². The Balaban J connectivity index is 1.47. The molecule has 0 saturated carbocycles. The second-order valence-corrected chi connectivity index (χ2v) is 7.96. The van der Waals surface area contributed by atoms with E-state index in [1.165, 1.54) is 16.7 Å². The number of carbonyl (C=O) groups excluding carboxylic acids is 1. The van der Waals surface area contributed by atoms with Crippen LogP contribution < -0.4 is 9.47 Å². The molecule has 1 aliphatic rings. The number of allylic oxidation sites excluding steroid dienone is 2. The lowest BCUT2D eigenvalue weighted by Gasteiger charge is -2.23. The Morgan fingerprint density at radius 2 is 1.35 bits per heavy atom. The summed E-state index contributed by atoms with van der Waals surface area (Å²) >= 11 is 0. The lowest BCUT2D eigenvalue weighted by atomic mass is 9.90. The number of hydrogen-bond acceptors (Lipinski definition) is 5. The van der Waals surface area contributed by atoms with Crippen molar-refractivity contribution in [3.8, 4) is 11.5 Å². The maximum absolute atomic E-state index is 11.1. The van der Waals surface area contributed by atoms with Gasteiger partial charge in [-0.05, 0) is 18.4 Å². The third-order valence-corrected chi connectivity index (χ3v) is 5.73. The van der Waals surface area contributed by atoms with Crippen LogP contribution in [0.1, 0.15) is 16.7 Å². The maximum atomic E-state index is 11.1. The summed E-state index contributed by atoms with van der Waals surface area (Å²) in [6.45, 7) is 5.31. The lowest BCUT2D eigenvalue weighted by molar-refractivity contribution is -0.139. The number of ether oxygens (including phenoxy) is 4. The molecular formula is C29H30O5. The van der Waals surface area contributed by atoms with Crippen molar-refractivity contribution in [1.82, 2.24) is 0 Å². The standard InChI is InChI=1S/C29H30O5/c1-2-27(30)32-20-18-31-19-21-34-29-25-14-8-6-12-23(25)28(24-13-7-9-15-26(24)29)33-17-16-22-10-4-3-5-11-22/h2-12,14H,1,13,15-21H2. The summed E-state index contributed by atoms with van der Waals surface area (Å²) < 4.78 is 23.1. The molecule has 4 rings (SSSR count). The number of rotatable bonds is 12. The molecule has 0 amide bonds. The van der Waals surface area contributed by atoms with E-state index in [9.17, 15) is 4.79 Å². The maximum Gasteiger partial charge on any atom is 0.330 e. The second-order valence-electron chi connectivity index (χ2n) is 7.96. The molecule has 0 saturated heterocycles. The van der Waals surface area contributed by atoms with Gasteiger partial charge in [0.2, 0.25) is 0 Å². The molecule has 0 atom stereocenters. The van der Waals surface area contributed by atoms with Crippen molar-refractivity contribution in [2.75, 3.05) is 33.0 Å². The molecule has 34 heavy (non-hydrogen) atoms. The minimum Gasteiger partial charge on any atom is -0.492 e. The third-order valence-electron chi connectivity index (χ3n) is 5.73. The first-order chi connectivity index (χ1) is 16.8. The molecule has 0 bridgehead atoms. The summed E-state index contributed by atoms with van der Waals surface area (Å²) in [6, 6.07) is 18.6. The Labute approximate surface area is 200 Å². The molecule has 5 nitrogen and oxygen atoms in total. The van der Waals surface area contributed by atoms with Crippen molar-refractivity contribution in [2.24, 2.45) is 0 Å². The molecule has 3 aromatic rings. The van der Waals surface area contributed by atoms with Crippen molar-refractivity contribution in [3.63, 3.8) is 0 Å². The van der Waals surface area contributed by atoms with Gasteiger partial charge in [0.25, 0.3) is 0 Å². The molecule has 1 aliphatic carbocycles. The highest BCUT2D eigenvalue weighted by Gasteiger charge is 2.22. The largest absolute Gasteiger partial charge is 0.492 e. The molecular weight excluding hydrogens is 428 g/mol. The first-order valence-corrected chi connectivity index (χ1v) is 11.7. The van der Waals surface area contributed by atoms with Crippen molar-refractivity contribution in [3.05, 3.63) is 96.1 Å². The predicted octanol–water partition coefficient (Wildman–Crippen LogP) is 5.24. The zero-order chi connectivity index (χ0) is 23.6. The Hall–Kier alpha value is -3.57. The molecule has 0 aliphatic heterocycles. The summed E-state index contributed by atoms with van der Waals surface area (Å²) in [4.78, 5) is 11.1. The van der Waals surface area contributed by atoms with Gasteiger partial charge in [0, 0.05) is 34.4 Å².